The van der Waals surface area contributed by atoms with Crippen LogP contribution in [0.25, 0.3) is 11.5 Å². The third-order valence-corrected chi connectivity index (χ3v) is 4.89. The molecule has 0 amide bonds. The zero-order valence-electron chi connectivity index (χ0n) is 16.4. The van der Waals surface area contributed by atoms with E-state index in [-0.39, 0.29) is 24.5 Å². The van der Waals surface area contributed by atoms with Gasteiger partial charge in [0.25, 0.3) is 0 Å². The quantitative estimate of drug-likeness (QED) is 0.636. The van der Waals surface area contributed by atoms with E-state index in [0.29, 0.717) is 12.1 Å². The lowest BCUT2D eigenvalue weighted by Crippen LogP contribution is -2.46. The molecule has 7 nitrogen and oxygen atoms in total. The predicted molar refractivity (Wildman–Crippen MR) is 108 cm³/mol. The molecule has 1 aliphatic heterocycles. The molecule has 1 aromatic heterocycles. The molecule has 4 rings (SSSR count). The monoisotopic (exact) mass is 398 g/mol. The first-order chi connectivity index (χ1) is 14.0. The van der Waals surface area contributed by atoms with Gasteiger partial charge < -0.3 is 14.1 Å². The molecule has 3 aromatic rings. The van der Waals surface area contributed by atoms with Crippen LogP contribution in [0.1, 0.15) is 6.92 Å². The van der Waals surface area contributed by atoms with E-state index in [1.165, 1.54) is 28.9 Å². The normalized spacial score (nSPS) is 16.0. The molecular formula is C21H23FN4O3. The molecule has 2 aromatic carbocycles. The molecule has 8 heteroatoms. The second kappa shape index (κ2) is 8.08. The Kier molecular flexibility index (Phi) is 5.35. The first-order valence-corrected chi connectivity index (χ1v) is 9.56. The van der Waals surface area contributed by atoms with Crippen LogP contribution in [-0.2, 0) is 6.67 Å². The predicted octanol–water partition coefficient (Wildman–Crippen LogP) is 2.82. The first-order valence-electron chi connectivity index (χ1n) is 9.56. The van der Waals surface area contributed by atoms with E-state index in [1.54, 1.807) is 0 Å². The summed E-state index contributed by atoms with van der Waals surface area (Å²) in [5.41, 5.74) is 1.65. The van der Waals surface area contributed by atoms with Gasteiger partial charge in [0.2, 0.25) is 5.89 Å². The maximum absolute atomic E-state index is 13.1. The molecule has 0 bridgehead atoms. The van der Waals surface area contributed by atoms with Gasteiger partial charge in [0.1, 0.15) is 24.3 Å². The van der Waals surface area contributed by atoms with Gasteiger partial charge in [-0.2, -0.15) is 4.68 Å². The Balaban J connectivity index is 1.43. The number of ether oxygens (including phenoxy) is 1. The van der Waals surface area contributed by atoms with Crippen LogP contribution in [0.3, 0.4) is 0 Å². The Morgan fingerprint density at radius 3 is 2.72 bits per heavy atom. The lowest BCUT2D eigenvalue weighted by molar-refractivity contribution is 0.122. The van der Waals surface area contributed by atoms with Gasteiger partial charge in [-0.25, -0.2) is 9.18 Å². The van der Waals surface area contributed by atoms with E-state index in [0.717, 1.165) is 24.5 Å². The maximum atomic E-state index is 13.1. The minimum absolute atomic E-state index is 0.0333. The van der Waals surface area contributed by atoms with Crippen molar-refractivity contribution in [3.8, 4) is 17.2 Å². The second-order valence-electron chi connectivity index (χ2n) is 7.11. The van der Waals surface area contributed by atoms with Crippen LogP contribution in [0.4, 0.5) is 10.1 Å². The average Bonchev–Trinajstić information content (AvgIpc) is 3.08. The zero-order chi connectivity index (χ0) is 20.4. The highest BCUT2D eigenvalue weighted by atomic mass is 19.1. The number of anilines is 1. The van der Waals surface area contributed by atoms with Crippen molar-refractivity contribution in [2.45, 2.75) is 19.7 Å². The number of likely N-dealkylation sites (N-methyl/N-ethyl adjacent to an activating group) is 2. The van der Waals surface area contributed by atoms with Crippen molar-refractivity contribution >= 4 is 5.69 Å². The standard InChI is InChI=1S/C21H23FN4O3/c1-3-25-13-17(28-19-7-5-4-6-18(19)25)12-24(2)14-26-21(27)29-20(23-26)15-8-10-16(22)11-9-15/h4-11,17H,3,12-14H2,1-2H3. The molecule has 0 fully saturated rings. The number of para-hydroxylation sites is 2. The Hall–Kier alpha value is -3.13. The summed E-state index contributed by atoms with van der Waals surface area (Å²) in [6.45, 7) is 4.67. The van der Waals surface area contributed by atoms with Gasteiger partial charge >= 0.3 is 5.76 Å². The van der Waals surface area contributed by atoms with Gasteiger partial charge in [-0.3, -0.25) is 4.90 Å². The van der Waals surface area contributed by atoms with Crippen LogP contribution in [0.15, 0.2) is 57.7 Å². The molecule has 152 valence electrons. The van der Waals surface area contributed by atoms with Crippen molar-refractivity contribution in [2.24, 2.45) is 0 Å². The highest BCUT2D eigenvalue weighted by molar-refractivity contribution is 5.60. The summed E-state index contributed by atoms with van der Waals surface area (Å²) >= 11 is 0. The van der Waals surface area contributed by atoms with E-state index in [1.807, 2.05) is 30.1 Å². The number of fused-ring (bicyclic) bond motifs is 1. The number of hydrogen-bond donors (Lipinski definition) is 0. The number of benzene rings is 2. The van der Waals surface area contributed by atoms with Crippen LogP contribution >= 0.6 is 0 Å². The Labute approximate surface area is 167 Å². The molecule has 1 aliphatic rings. The fourth-order valence-electron chi connectivity index (χ4n) is 3.51. The second-order valence-corrected chi connectivity index (χ2v) is 7.11. The van der Waals surface area contributed by atoms with Crippen LogP contribution in [0.5, 0.6) is 5.75 Å². The summed E-state index contributed by atoms with van der Waals surface area (Å²) in [7, 11) is 1.90. The van der Waals surface area contributed by atoms with Gasteiger partial charge in [-0.15, -0.1) is 5.10 Å². The number of nitrogens with zero attached hydrogens (tertiary/aromatic N) is 4. The number of rotatable bonds is 6. The van der Waals surface area contributed by atoms with Gasteiger partial charge in [0.15, 0.2) is 0 Å². The SMILES string of the molecule is CCN1CC(CN(C)Cn2nc(-c3ccc(F)cc3)oc2=O)Oc2ccccc21. The van der Waals surface area contributed by atoms with Gasteiger partial charge in [0, 0.05) is 18.7 Å². The van der Waals surface area contributed by atoms with Crippen molar-refractivity contribution < 1.29 is 13.5 Å². The molecule has 29 heavy (non-hydrogen) atoms. The van der Waals surface area contributed by atoms with E-state index in [9.17, 15) is 9.18 Å². The van der Waals surface area contributed by atoms with Crippen LogP contribution < -0.4 is 15.4 Å². The van der Waals surface area contributed by atoms with Crippen LogP contribution in [0, 0.1) is 5.82 Å². The molecular weight excluding hydrogens is 375 g/mol. The summed E-state index contributed by atoms with van der Waals surface area (Å²) in [4.78, 5) is 16.4. The fourth-order valence-corrected chi connectivity index (χ4v) is 3.51. The van der Waals surface area contributed by atoms with Crippen molar-refractivity contribution in [2.75, 3.05) is 31.6 Å². The van der Waals surface area contributed by atoms with E-state index < -0.39 is 5.76 Å². The minimum atomic E-state index is -0.554. The van der Waals surface area contributed by atoms with Gasteiger partial charge in [0.05, 0.1) is 12.2 Å². The molecule has 0 N–H and O–H groups in total. The Morgan fingerprint density at radius 2 is 1.97 bits per heavy atom. The Morgan fingerprint density at radius 1 is 1.21 bits per heavy atom. The van der Waals surface area contributed by atoms with Gasteiger partial charge in [-0.1, -0.05) is 12.1 Å². The smallest absolute Gasteiger partial charge is 0.438 e. The summed E-state index contributed by atoms with van der Waals surface area (Å²) in [6.07, 6.45) is -0.0333. The van der Waals surface area contributed by atoms with E-state index in [2.05, 4.69) is 23.0 Å². The third-order valence-electron chi connectivity index (χ3n) is 4.89. The van der Waals surface area contributed by atoms with Gasteiger partial charge in [-0.05, 0) is 50.4 Å². The molecule has 0 radical (unpaired) electrons. The van der Waals surface area contributed by atoms with Crippen molar-refractivity contribution in [3.63, 3.8) is 0 Å². The van der Waals surface area contributed by atoms with Crippen molar-refractivity contribution in [1.29, 1.82) is 0 Å². The lowest BCUT2D eigenvalue weighted by Gasteiger charge is -2.37. The maximum Gasteiger partial charge on any atom is 0.438 e. The highest BCUT2D eigenvalue weighted by Gasteiger charge is 2.25. The minimum Gasteiger partial charge on any atom is -0.485 e. The summed E-state index contributed by atoms with van der Waals surface area (Å²) in [5.74, 6) is 0.131. The number of halogens is 1. The zero-order valence-corrected chi connectivity index (χ0v) is 16.4. The molecule has 0 spiro atoms. The van der Waals surface area contributed by atoms with E-state index >= 15 is 0 Å². The molecule has 0 aliphatic carbocycles. The molecule has 0 saturated heterocycles. The topological polar surface area (TPSA) is 63.7 Å². The number of aromatic nitrogens is 2. The molecule has 2 heterocycles. The third kappa shape index (κ3) is 4.17. The van der Waals surface area contributed by atoms with Crippen molar-refractivity contribution in [1.82, 2.24) is 14.7 Å². The highest BCUT2D eigenvalue weighted by Crippen LogP contribution is 2.32. The van der Waals surface area contributed by atoms with Crippen molar-refractivity contribution in [3.05, 3.63) is 64.9 Å². The van der Waals surface area contributed by atoms with Crippen LogP contribution in [-0.4, -0.2) is 47.5 Å². The lowest BCUT2D eigenvalue weighted by atomic mass is 10.2. The average molecular weight is 398 g/mol. The fraction of sp³-hybridized carbons (Fsp3) is 0.333. The summed E-state index contributed by atoms with van der Waals surface area (Å²) in [6, 6.07) is 13.7. The van der Waals surface area contributed by atoms with Crippen LogP contribution in [0.2, 0.25) is 0 Å². The molecule has 0 saturated carbocycles. The largest absolute Gasteiger partial charge is 0.485 e. The summed E-state index contributed by atoms with van der Waals surface area (Å²) in [5, 5.41) is 4.23. The first kappa shape index (κ1) is 19.2. The number of hydrogen-bond acceptors (Lipinski definition) is 6. The van der Waals surface area contributed by atoms with E-state index in [4.69, 9.17) is 9.15 Å². The molecule has 1 unspecified atom stereocenters. The summed E-state index contributed by atoms with van der Waals surface area (Å²) < 4.78 is 25.7. The Bertz CT molecular complexity index is 1030. The molecule has 1 atom stereocenters.